The highest BCUT2D eigenvalue weighted by Gasteiger charge is 2.14. The predicted octanol–water partition coefficient (Wildman–Crippen LogP) is 5.14. The first kappa shape index (κ1) is 13.6. The lowest BCUT2D eigenvalue weighted by molar-refractivity contribution is 0.178. The Bertz CT molecular complexity index is 748. The molecule has 3 heteroatoms. The average Bonchev–Trinajstić information content (AvgIpc) is 2.82. The molecule has 1 nitrogen and oxygen atoms in total. The molecule has 0 aliphatic rings. The van der Waals surface area contributed by atoms with Crippen molar-refractivity contribution in [2.75, 3.05) is 0 Å². The van der Waals surface area contributed by atoms with Gasteiger partial charge in [-0.25, -0.2) is 0 Å². The van der Waals surface area contributed by atoms with Crippen molar-refractivity contribution in [1.29, 1.82) is 0 Å². The number of benzene rings is 2. The molecule has 0 bridgehead atoms. The molecule has 0 amide bonds. The molecule has 2 aromatic carbocycles. The van der Waals surface area contributed by atoms with Gasteiger partial charge < -0.3 is 5.11 Å². The van der Waals surface area contributed by atoms with Crippen LogP contribution in [0.3, 0.4) is 0 Å². The Morgan fingerprint density at radius 1 is 1.20 bits per heavy atom. The molecule has 20 heavy (non-hydrogen) atoms. The van der Waals surface area contributed by atoms with Gasteiger partial charge >= 0.3 is 0 Å². The lowest BCUT2D eigenvalue weighted by Gasteiger charge is -2.13. The Hall–Kier alpha value is -1.35. The number of halogens is 1. The van der Waals surface area contributed by atoms with Crippen LogP contribution in [-0.2, 0) is 6.42 Å². The molecule has 3 rings (SSSR count). The summed E-state index contributed by atoms with van der Waals surface area (Å²) >= 11 is 7.69. The van der Waals surface area contributed by atoms with Crippen LogP contribution in [0.25, 0.3) is 10.1 Å². The van der Waals surface area contributed by atoms with Crippen LogP contribution >= 0.6 is 22.9 Å². The molecule has 0 aliphatic carbocycles. The maximum Gasteiger partial charge on any atom is 0.0833 e. The summed E-state index contributed by atoms with van der Waals surface area (Å²) in [4.78, 5) is 0. The summed E-state index contributed by atoms with van der Waals surface area (Å²) in [6.07, 6.45) is 0.136. The first-order valence-electron chi connectivity index (χ1n) is 6.54. The standard InChI is InChI=1S/C17H15ClOS/c1-11-8-13(18)6-7-14(11)16(19)9-12-10-20-17-5-3-2-4-15(12)17/h2-8,10,16,19H,9H2,1H3. The van der Waals surface area contributed by atoms with Crippen LogP contribution in [-0.4, -0.2) is 5.11 Å². The van der Waals surface area contributed by atoms with E-state index in [9.17, 15) is 5.11 Å². The molecular formula is C17H15ClOS. The van der Waals surface area contributed by atoms with Crippen LogP contribution < -0.4 is 0 Å². The molecule has 0 saturated carbocycles. The third-order valence-corrected chi connectivity index (χ3v) is 4.81. The molecule has 1 N–H and O–H groups in total. The normalized spacial score (nSPS) is 12.8. The number of hydrogen-bond donors (Lipinski definition) is 1. The maximum absolute atomic E-state index is 10.5. The summed E-state index contributed by atoms with van der Waals surface area (Å²) in [6, 6.07) is 14.0. The van der Waals surface area contributed by atoms with E-state index in [1.165, 1.54) is 15.6 Å². The van der Waals surface area contributed by atoms with Crippen molar-refractivity contribution in [2.24, 2.45) is 0 Å². The van der Waals surface area contributed by atoms with Crippen molar-refractivity contribution >= 4 is 33.0 Å². The fourth-order valence-electron chi connectivity index (χ4n) is 2.52. The third-order valence-electron chi connectivity index (χ3n) is 3.57. The molecule has 0 radical (unpaired) electrons. The van der Waals surface area contributed by atoms with Gasteiger partial charge in [0.25, 0.3) is 0 Å². The molecule has 102 valence electrons. The molecular weight excluding hydrogens is 288 g/mol. The van der Waals surface area contributed by atoms with Crippen LogP contribution in [0.4, 0.5) is 0 Å². The number of aryl methyl sites for hydroxylation is 1. The predicted molar refractivity (Wildman–Crippen MR) is 86.7 cm³/mol. The second-order valence-electron chi connectivity index (χ2n) is 4.98. The van der Waals surface area contributed by atoms with Crippen molar-refractivity contribution in [1.82, 2.24) is 0 Å². The summed E-state index contributed by atoms with van der Waals surface area (Å²) in [5.41, 5.74) is 3.18. The van der Waals surface area contributed by atoms with E-state index >= 15 is 0 Å². The SMILES string of the molecule is Cc1cc(Cl)ccc1C(O)Cc1csc2ccccc12. The number of thiophene rings is 1. The highest BCUT2D eigenvalue weighted by molar-refractivity contribution is 7.17. The lowest BCUT2D eigenvalue weighted by Crippen LogP contribution is -2.03. The first-order chi connectivity index (χ1) is 9.65. The van der Waals surface area contributed by atoms with E-state index in [-0.39, 0.29) is 0 Å². The Morgan fingerprint density at radius 2 is 2.00 bits per heavy atom. The highest BCUT2D eigenvalue weighted by Crippen LogP contribution is 2.30. The molecule has 1 atom stereocenters. The summed E-state index contributed by atoms with van der Waals surface area (Å²) in [5, 5.41) is 14.6. The van der Waals surface area contributed by atoms with E-state index in [0.29, 0.717) is 11.4 Å². The molecule has 0 saturated heterocycles. The summed E-state index contributed by atoms with van der Waals surface area (Å²) in [6.45, 7) is 1.98. The fourth-order valence-corrected chi connectivity index (χ4v) is 3.72. The Morgan fingerprint density at radius 3 is 2.80 bits per heavy atom. The first-order valence-corrected chi connectivity index (χ1v) is 7.80. The quantitative estimate of drug-likeness (QED) is 0.710. The topological polar surface area (TPSA) is 20.2 Å². The number of aliphatic hydroxyl groups is 1. The average molecular weight is 303 g/mol. The van der Waals surface area contributed by atoms with Gasteiger partial charge in [0.2, 0.25) is 0 Å². The third kappa shape index (κ3) is 2.59. The minimum Gasteiger partial charge on any atom is -0.388 e. The monoisotopic (exact) mass is 302 g/mol. The van der Waals surface area contributed by atoms with Gasteiger partial charge in [-0.05, 0) is 52.6 Å². The largest absolute Gasteiger partial charge is 0.388 e. The van der Waals surface area contributed by atoms with Gasteiger partial charge in [-0.3, -0.25) is 0 Å². The maximum atomic E-state index is 10.5. The van der Waals surface area contributed by atoms with E-state index in [1.54, 1.807) is 11.3 Å². The van der Waals surface area contributed by atoms with E-state index in [2.05, 4.69) is 17.5 Å². The van der Waals surface area contributed by atoms with Gasteiger partial charge in [0, 0.05) is 16.1 Å². The fraction of sp³-hybridized carbons (Fsp3) is 0.176. The van der Waals surface area contributed by atoms with Gasteiger partial charge in [0.05, 0.1) is 6.10 Å². The van der Waals surface area contributed by atoms with Gasteiger partial charge in [-0.1, -0.05) is 35.9 Å². The Balaban J connectivity index is 1.90. The Kier molecular flexibility index (Phi) is 3.79. The van der Waals surface area contributed by atoms with E-state index < -0.39 is 6.10 Å². The molecule has 3 aromatic rings. The number of aliphatic hydroxyl groups excluding tert-OH is 1. The van der Waals surface area contributed by atoms with E-state index in [0.717, 1.165) is 11.1 Å². The number of hydrogen-bond acceptors (Lipinski definition) is 2. The minimum absolute atomic E-state index is 0.495. The van der Waals surface area contributed by atoms with Crippen LogP contribution in [0.1, 0.15) is 22.8 Å². The van der Waals surface area contributed by atoms with Crippen molar-refractivity contribution in [3.8, 4) is 0 Å². The van der Waals surface area contributed by atoms with Crippen molar-refractivity contribution in [2.45, 2.75) is 19.4 Å². The number of fused-ring (bicyclic) bond motifs is 1. The van der Waals surface area contributed by atoms with Gasteiger partial charge in [-0.15, -0.1) is 11.3 Å². The van der Waals surface area contributed by atoms with Gasteiger partial charge in [0.1, 0.15) is 0 Å². The van der Waals surface area contributed by atoms with Crippen molar-refractivity contribution in [3.05, 3.63) is 69.6 Å². The van der Waals surface area contributed by atoms with Crippen LogP contribution in [0.15, 0.2) is 47.8 Å². The summed E-state index contributed by atoms with van der Waals surface area (Å²) in [5.74, 6) is 0. The second-order valence-corrected chi connectivity index (χ2v) is 6.33. The van der Waals surface area contributed by atoms with E-state index in [1.807, 2.05) is 37.3 Å². The molecule has 1 aromatic heterocycles. The van der Waals surface area contributed by atoms with Crippen LogP contribution in [0, 0.1) is 6.92 Å². The van der Waals surface area contributed by atoms with E-state index in [4.69, 9.17) is 11.6 Å². The Labute approximate surface area is 127 Å². The van der Waals surface area contributed by atoms with Crippen molar-refractivity contribution < 1.29 is 5.11 Å². The smallest absolute Gasteiger partial charge is 0.0833 e. The zero-order valence-electron chi connectivity index (χ0n) is 11.1. The van der Waals surface area contributed by atoms with Crippen LogP contribution in [0.5, 0.6) is 0 Å². The molecule has 1 heterocycles. The zero-order chi connectivity index (χ0) is 14.1. The molecule has 1 unspecified atom stereocenters. The summed E-state index contributed by atoms with van der Waals surface area (Å²) in [7, 11) is 0. The van der Waals surface area contributed by atoms with Crippen LogP contribution in [0.2, 0.25) is 5.02 Å². The van der Waals surface area contributed by atoms with Gasteiger partial charge in [-0.2, -0.15) is 0 Å². The minimum atomic E-state index is -0.495. The summed E-state index contributed by atoms with van der Waals surface area (Å²) < 4.78 is 1.27. The lowest BCUT2D eigenvalue weighted by atomic mass is 9.97. The second kappa shape index (κ2) is 5.57. The number of rotatable bonds is 3. The van der Waals surface area contributed by atoms with Gasteiger partial charge in [0.15, 0.2) is 0 Å². The molecule has 0 fully saturated rings. The highest BCUT2D eigenvalue weighted by atomic mass is 35.5. The molecule has 0 spiro atoms. The zero-order valence-corrected chi connectivity index (χ0v) is 12.7. The molecule has 0 aliphatic heterocycles. The van der Waals surface area contributed by atoms with Crippen molar-refractivity contribution in [3.63, 3.8) is 0 Å².